The van der Waals surface area contributed by atoms with E-state index in [0.717, 1.165) is 0 Å². The molecule has 0 saturated carbocycles. The predicted molar refractivity (Wildman–Crippen MR) is 73.2 cm³/mol. The molecule has 0 bridgehead atoms. The Morgan fingerprint density at radius 2 is 1.85 bits per heavy atom. The minimum Gasteiger partial charge on any atom is -0.497 e. The fraction of sp³-hybridized carbons (Fsp3) is 0.385. The number of urea groups is 1. The summed E-state index contributed by atoms with van der Waals surface area (Å²) in [6, 6.07) is 3.68. The van der Waals surface area contributed by atoms with Gasteiger partial charge in [0, 0.05) is 6.07 Å². The lowest BCUT2D eigenvalue weighted by molar-refractivity contribution is -0.142. The summed E-state index contributed by atoms with van der Waals surface area (Å²) in [5.74, 6) is 0.520. The van der Waals surface area contributed by atoms with Gasteiger partial charge in [-0.15, -0.1) is 0 Å². The van der Waals surface area contributed by atoms with Crippen molar-refractivity contribution in [2.45, 2.75) is 13.0 Å². The molecule has 0 spiro atoms. The van der Waals surface area contributed by atoms with Crippen LogP contribution < -0.4 is 20.1 Å². The number of hydrogen-bond donors (Lipinski definition) is 2. The van der Waals surface area contributed by atoms with E-state index in [1.54, 1.807) is 18.2 Å². The molecule has 1 rings (SSSR count). The number of nitrogens with one attached hydrogen (secondary N) is 2. The van der Waals surface area contributed by atoms with Crippen LogP contribution in [0.4, 0.5) is 10.5 Å². The fourth-order valence-corrected chi connectivity index (χ4v) is 1.50. The molecular formula is C13H18N2O5. The number of carbonyl (C=O) groups excluding carboxylic acids is 2. The molecule has 0 heterocycles. The van der Waals surface area contributed by atoms with Gasteiger partial charge in [0.25, 0.3) is 0 Å². The van der Waals surface area contributed by atoms with Gasteiger partial charge in [-0.3, -0.25) is 0 Å². The molecule has 7 nitrogen and oxygen atoms in total. The lowest BCUT2D eigenvalue weighted by Crippen LogP contribution is -2.41. The van der Waals surface area contributed by atoms with E-state index < -0.39 is 18.0 Å². The van der Waals surface area contributed by atoms with Crippen LogP contribution in [0.15, 0.2) is 18.2 Å². The number of hydrogen-bond acceptors (Lipinski definition) is 5. The standard InChI is InChI=1S/C13H18N2O5/c1-8(12(16)20-4)14-13(17)15-10-7-9(18-2)5-6-11(10)19-3/h5-8H,1-4H3,(H2,14,15,17)/t8-/m1/s1. The van der Waals surface area contributed by atoms with E-state index in [1.165, 1.54) is 28.3 Å². The average molecular weight is 282 g/mol. The van der Waals surface area contributed by atoms with Crippen LogP contribution >= 0.6 is 0 Å². The van der Waals surface area contributed by atoms with Crippen molar-refractivity contribution in [2.75, 3.05) is 26.6 Å². The lowest BCUT2D eigenvalue weighted by atomic mass is 10.2. The Morgan fingerprint density at radius 3 is 2.40 bits per heavy atom. The molecule has 0 fully saturated rings. The number of esters is 1. The van der Waals surface area contributed by atoms with Gasteiger partial charge in [0.15, 0.2) is 0 Å². The lowest BCUT2D eigenvalue weighted by Gasteiger charge is -2.15. The molecule has 1 atom stereocenters. The molecule has 0 unspecified atom stereocenters. The minimum atomic E-state index is -0.753. The Balaban J connectivity index is 2.76. The molecular weight excluding hydrogens is 264 g/mol. The molecule has 2 amide bonds. The first kappa shape index (κ1) is 15.6. The van der Waals surface area contributed by atoms with Crippen LogP contribution in [0.25, 0.3) is 0 Å². The first-order valence-corrected chi connectivity index (χ1v) is 5.89. The zero-order valence-electron chi connectivity index (χ0n) is 11.9. The Labute approximate surface area is 117 Å². The second-order valence-electron chi connectivity index (χ2n) is 3.91. The Kier molecular flexibility index (Phi) is 5.64. The Hall–Kier alpha value is -2.44. The number of amides is 2. The van der Waals surface area contributed by atoms with Crippen molar-refractivity contribution in [2.24, 2.45) is 0 Å². The molecule has 0 aliphatic heterocycles. The van der Waals surface area contributed by atoms with E-state index in [-0.39, 0.29) is 0 Å². The maximum Gasteiger partial charge on any atom is 0.328 e. The van der Waals surface area contributed by atoms with E-state index in [4.69, 9.17) is 9.47 Å². The van der Waals surface area contributed by atoms with E-state index in [2.05, 4.69) is 15.4 Å². The highest BCUT2D eigenvalue weighted by atomic mass is 16.5. The summed E-state index contributed by atoms with van der Waals surface area (Å²) in [4.78, 5) is 23.0. The van der Waals surface area contributed by atoms with Crippen molar-refractivity contribution in [3.05, 3.63) is 18.2 Å². The summed E-state index contributed by atoms with van der Waals surface area (Å²) in [6.07, 6.45) is 0. The SMILES string of the molecule is COC(=O)[C@@H](C)NC(=O)Nc1cc(OC)ccc1OC. The summed E-state index contributed by atoms with van der Waals surface area (Å²) in [7, 11) is 4.26. The quantitative estimate of drug-likeness (QED) is 0.797. The van der Waals surface area contributed by atoms with E-state index in [0.29, 0.717) is 17.2 Å². The maximum atomic E-state index is 11.8. The van der Waals surface area contributed by atoms with Crippen LogP contribution in [0.2, 0.25) is 0 Å². The van der Waals surface area contributed by atoms with Crippen molar-refractivity contribution in [1.29, 1.82) is 0 Å². The highest BCUT2D eigenvalue weighted by Crippen LogP contribution is 2.28. The smallest absolute Gasteiger partial charge is 0.328 e. The largest absolute Gasteiger partial charge is 0.497 e. The predicted octanol–water partition coefficient (Wildman–Crippen LogP) is 1.39. The van der Waals surface area contributed by atoms with Crippen molar-refractivity contribution >= 4 is 17.7 Å². The second-order valence-corrected chi connectivity index (χ2v) is 3.91. The highest BCUT2D eigenvalue weighted by Gasteiger charge is 2.16. The zero-order chi connectivity index (χ0) is 15.1. The highest BCUT2D eigenvalue weighted by molar-refractivity contribution is 5.93. The first-order valence-electron chi connectivity index (χ1n) is 5.89. The topological polar surface area (TPSA) is 85.9 Å². The molecule has 110 valence electrons. The number of benzene rings is 1. The van der Waals surface area contributed by atoms with Gasteiger partial charge in [-0.05, 0) is 19.1 Å². The van der Waals surface area contributed by atoms with Gasteiger partial charge in [-0.2, -0.15) is 0 Å². The van der Waals surface area contributed by atoms with Crippen LogP contribution in [0, 0.1) is 0 Å². The third-order valence-corrected chi connectivity index (χ3v) is 2.56. The molecule has 1 aromatic carbocycles. The Morgan fingerprint density at radius 1 is 1.15 bits per heavy atom. The van der Waals surface area contributed by atoms with Crippen LogP contribution in [-0.4, -0.2) is 39.4 Å². The van der Waals surface area contributed by atoms with Crippen molar-refractivity contribution in [3.8, 4) is 11.5 Å². The van der Waals surface area contributed by atoms with Crippen LogP contribution in [0.3, 0.4) is 0 Å². The molecule has 2 N–H and O–H groups in total. The van der Waals surface area contributed by atoms with Crippen LogP contribution in [-0.2, 0) is 9.53 Å². The Bertz CT molecular complexity index is 490. The molecule has 0 saturated heterocycles. The van der Waals surface area contributed by atoms with Crippen molar-refractivity contribution < 1.29 is 23.8 Å². The number of methoxy groups -OCH3 is 3. The third-order valence-electron chi connectivity index (χ3n) is 2.56. The van der Waals surface area contributed by atoms with Crippen molar-refractivity contribution in [1.82, 2.24) is 5.32 Å². The molecule has 7 heteroatoms. The zero-order valence-corrected chi connectivity index (χ0v) is 11.9. The molecule has 0 aromatic heterocycles. The van der Waals surface area contributed by atoms with Gasteiger partial charge in [-0.1, -0.05) is 0 Å². The second kappa shape index (κ2) is 7.22. The number of carbonyl (C=O) groups is 2. The number of ether oxygens (including phenoxy) is 3. The number of rotatable bonds is 5. The van der Waals surface area contributed by atoms with Gasteiger partial charge in [0.2, 0.25) is 0 Å². The van der Waals surface area contributed by atoms with Gasteiger partial charge in [0.05, 0.1) is 27.0 Å². The summed E-state index contributed by atoms with van der Waals surface area (Å²) in [5.41, 5.74) is 0.432. The summed E-state index contributed by atoms with van der Waals surface area (Å²) >= 11 is 0. The fourth-order valence-electron chi connectivity index (χ4n) is 1.50. The molecule has 0 radical (unpaired) electrons. The van der Waals surface area contributed by atoms with Gasteiger partial charge < -0.3 is 24.8 Å². The normalized spacial score (nSPS) is 11.2. The minimum absolute atomic E-state index is 0.432. The molecule has 20 heavy (non-hydrogen) atoms. The average Bonchev–Trinajstić information content (AvgIpc) is 2.45. The van der Waals surface area contributed by atoms with E-state index >= 15 is 0 Å². The third kappa shape index (κ3) is 4.04. The monoisotopic (exact) mass is 282 g/mol. The number of anilines is 1. The van der Waals surface area contributed by atoms with Crippen molar-refractivity contribution in [3.63, 3.8) is 0 Å². The van der Waals surface area contributed by atoms with Crippen LogP contribution in [0.5, 0.6) is 11.5 Å². The molecule has 0 aliphatic rings. The first-order chi connectivity index (χ1) is 9.51. The molecule has 1 aromatic rings. The van der Waals surface area contributed by atoms with Gasteiger partial charge in [-0.25, -0.2) is 9.59 Å². The summed E-state index contributed by atoms with van der Waals surface area (Å²) in [6.45, 7) is 1.52. The molecule has 0 aliphatic carbocycles. The van der Waals surface area contributed by atoms with E-state index in [1.807, 2.05) is 0 Å². The van der Waals surface area contributed by atoms with Crippen LogP contribution in [0.1, 0.15) is 6.92 Å². The van der Waals surface area contributed by atoms with Gasteiger partial charge in [0.1, 0.15) is 17.5 Å². The van der Waals surface area contributed by atoms with E-state index in [9.17, 15) is 9.59 Å². The summed E-state index contributed by atoms with van der Waals surface area (Å²) in [5, 5.41) is 5.03. The maximum absolute atomic E-state index is 11.8. The van der Waals surface area contributed by atoms with Gasteiger partial charge >= 0.3 is 12.0 Å². The summed E-state index contributed by atoms with van der Waals surface area (Å²) < 4.78 is 14.7.